The largest absolute Gasteiger partial charge is 0.573 e. The molecule has 1 saturated heterocycles. The Hall–Kier alpha value is -3.78. The van der Waals surface area contributed by atoms with E-state index in [0.29, 0.717) is 37.4 Å². The van der Waals surface area contributed by atoms with E-state index in [9.17, 15) is 18.0 Å². The summed E-state index contributed by atoms with van der Waals surface area (Å²) >= 11 is 0. The van der Waals surface area contributed by atoms with Gasteiger partial charge in [-0.25, -0.2) is 0 Å². The fourth-order valence-electron chi connectivity index (χ4n) is 4.83. The number of hydrogen-bond donors (Lipinski definition) is 0. The normalized spacial score (nSPS) is 16.5. The molecule has 0 saturated carbocycles. The first-order valence-corrected chi connectivity index (χ1v) is 12.1. The molecule has 5 nitrogen and oxygen atoms in total. The second-order valence-corrected chi connectivity index (χ2v) is 9.24. The van der Waals surface area contributed by atoms with E-state index in [2.05, 4.69) is 10.8 Å². The first-order chi connectivity index (χ1) is 17.8. The summed E-state index contributed by atoms with van der Waals surface area (Å²) < 4.78 is 52.8. The molecule has 4 aromatic rings. The number of hydrogen-bond acceptors (Lipinski definition) is 4. The molecule has 0 N–H and O–H groups in total. The summed E-state index contributed by atoms with van der Waals surface area (Å²) in [6, 6.07) is 19.2. The number of halogens is 3. The molecule has 5 rings (SSSR count). The van der Waals surface area contributed by atoms with Crippen molar-refractivity contribution in [2.75, 3.05) is 26.3 Å². The zero-order valence-corrected chi connectivity index (χ0v) is 20.3. The molecule has 8 heteroatoms. The summed E-state index contributed by atoms with van der Waals surface area (Å²) in [6.45, 7) is 3.92. The number of carbonyl (C=O) groups is 1. The van der Waals surface area contributed by atoms with Crippen LogP contribution in [0.2, 0.25) is 0 Å². The minimum absolute atomic E-state index is 0.0895. The Kier molecular flexibility index (Phi) is 6.93. The molecule has 1 fully saturated rings. The molecule has 192 valence electrons. The maximum absolute atomic E-state index is 13.6. The van der Waals surface area contributed by atoms with Gasteiger partial charge in [-0.2, -0.15) is 0 Å². The van der Waals surface area contributed by atoms with E-state index in [-0.39, 0.29) is 17.6 Å². The highest BCUT2D eigenvalue weighted by molar-refractivity contribution is 5.97. The van der Waals surface area contributed by atoms with Gasteiger partial charge in [0.1, 0.15) is 11.3 Å². The molecule has 0 radical (unpaired) electrons. The van der Waals surface area contributed by atoms with Crippen LogP contribution >= 0.6 is 0 Å². The van der Waals surface area contributed by atoms with Crippen molar-refractivity contribution in [1.29, 1.82) is 0 Å². The average Bonchev–Trinajstić information content (AvgIpc) is 3.20. The van der Waals surface area contributed by atoms with Crippen molar-refractivity contribution in [3.63, 3.8) is 0 Å². The lowest BCUT2D eigenvalue weighted by Crippen LogP contribution is -2.36. The van der Waals surface area contributed by atoms with Crippen LogP contribution in [0.4, 0.5) is 13.2 Å². The van der Waals surface area contributed by atoms with Gasteiger partial charge in [-0.1, -0.05) is 36.4 Å². The zero-order valence-electron chi connectivity index (χ0n) is 20.3. The van der Waals surface area contributed by atoms with E-state index in [1.165, 1.54) is 12.1 Å². The van der Waals surface area contributed by atoms with Crippen LogP contribution in [-0.2, 0) is 11.2 Å². The summed E-state index contributed by atoms with van der Waals surface area (Å²) in [5.41, 5.74) is 4.77. The molecule has 3 aromatic carbocycles. The number of carbonyl (C=O) groups excluding carboxylic acids is 1. The Morgan fingerprint density at radius 1 is 1.08 bits per heavy atom. The first-order valence-electron chi connectivity index (χ1n) is 12.1. The van der Waals surface area contributed by atoms with Gasteiger partial charge in [0.05, 0.1) is 19.5 Å². The standard InChI is InChI=1S/C29H26F3NO4/c1-19-25(22-7-9-24(10-8-22)37-29(30,31)32)3-2-4-26(19)28(34)33-12-14-35-18-21(17-33)15-20-5-6-23-11-13-36-27(23)16-20/h2-11,13,16,21H,12,14-15,17-18H2,1H3. The van der Waals surface area contributed by atoms with Gasteiger partial charge < -0.3 is 18.8 Å². The second-order valence-electron chi connectivity index (χ2n) is 9.24. The predicted octanol–water partition coefficient (Wildman–Crippen LogP) is 6.64. The van der Waals surface area contributed by atoms with E-state index < -0.39 is 6.36 Å². The number of alkyl halides is 3. The minimum atomic E-state index is -4.75. The van der Waals surface area contributed by atoms with Crippen molar-refractivity contribution in [3.8, 4) is 16.9 Å². The van der Waals surface area contributed by atoms with Crippen molar-refractivity contribution >= 4 is 16.9 Å². The average molecular weight is 510 g/mol. The molecule has 0 bridgehead atoms. The highest BCUT2D eigenvalue weighted by atomic mass is 19.4. The van der Waals surface area contributed by atoms with Crippen LogP contribution in [0.15, 0.2) is 77.4 Å². The highest BCUT2D eigenvalue weighted by Gasteiger charge is 2.31. The van der Waals surface area contributed by atoms with Gasteiger partial charge in [-0.3, -0.25) is 4.79 Å². The molecule has 1 amide bonds. The summed E-state index contributed by atoms with van der Waals surface area (Å²) in [7, 11) is 0. The molecular formula is C29H26F3NO4. The van der Waals surface area contributed by atoms with Crippen molar-refractivity contribution in [2.24, 2.45) is 5.92 Å². The summed E-state index contributed by atoms with van der Waals surface area (Å²) in [5.74, 6) is -0.250. The third kappa shape index (κ3) is 5.80. The predicted molar refractivity (Wildman–Crippen MR) is 133 cm³/mol. The Bertz CT molecular complexity index is 1390. The smallest absolute Gasteiger partial charge is 0.464 e. The number of ether oxygens (including phenoxy) is 2. The minimum Gasteiger partial charge on any atom is -0.464 e. The number of benzene rings is 3. The third-order valence-corrected chi connectivity index (χ3v) is 6.63. The van der Waals surface area contributed by atoms with Crippen molar-refractivity contribution in [1.82, 2.24) is 4.90 Å². The zero-order chi connectivity index (χ0) is 26.0. The molecule has 2 heterocycles. The fraction of sp³-hybridized carbons (Fsp3) is 0.276. The number of fused-ring (bicyclic) bond motifs is 1. The number of furan rings is 1. The number of nitrogens with zero attached hydrogens (tertiary/aromatic N) is 1. The van der Waals surface area contributed by atoms with Crippen LogP contribution in [0.5, 0.6) is 5.75 Å². The maximum Gasteiger partial charge on any atom is 0.573 e. The summed E-state index contributed by atoms with van der Waals surface area (Å²) in [5, 5.41) is 1.05. The Labute approximate surface area is 212 Å². The lowest BCUT2D eigenvalue weighted by atomic mass is 9.95. The van der Waals surface area contributed by atoms with Crippen LogP contribution in [0.1, 0.15) is 21.5 Å². The van der Waals surface area contributed by atoms with Gasteiger partial charge >= 0.3 is 6.36 Å². The number of rotatable bonds is 5. The van der Waals surface area contributed by atoms with Gasteiger partial charge in [-0.15, -0.1) is 13.2 Å². The highest BCUT2D eigenvalue weighted by Crippen LogP contribution is 2.30. The lowest BCUT2D eigenvalue weighted by Gasteiger charge is -2.25. The van der Waals surface area contributed by atoms with Gasteiger partial charge in [-0.05, 0) is 65.9 Å². The molecule has 1 aromatic heterocycles. The third-order valence-electron chi connectivity index (χ3n) is 6.63. The molecule has 1 aliphatic rings. The molecule has 1 atom stereocenters. The summed E-state index contributed by atoms with van der Waals surface area (Å²) in [4.78, 5) is 15.4. The van der Waals surface area contributed by atoms with Crippen molar-refractivity contribution in [2.45, 2.75) is 19.7 Å². The Morgan fingerprint density at radius 2 is 1.89 bits per heavy atom. The van der Waals surface area contributed by atoms with Gasteiger partial charge in [0.2, 0.25) is 0 Å². The molecule has 0 spiro atoms. The topological polar surface area (TPSA) is 51.9 Å². The Balaban J connectivity index is 1.33. The summed E-state index contributed by atoms with van der Waals surface area (Å²) in [6.07, 6.45) is -2.32. The van der Waals surface area contributed by atoms with E-state index >= 15 is 0 Å². The monoisotopic (exact) mass is 509 g/mol. The van der Waals surface area contributed by atoms with Crippen LogP contribution in [0, 0.1) is 12.8 Å². The second kappa shape index (κ2) is 10.3. The van der Waals surface area contributed by atoms with Crippen LogP contribution in [0.3, 0.4) is 0 Å². The van der Waals surface area contributed by atoms with Crippen LogP contribution in [-0.4, -0.2) is 43.5 Å². The van der Waals surface area contributed by atoms with Crippen LogP contribution in [0.25, 0.3) is 22.1 Å². The first kappa shape index (κ1) is 24.9. The molecule has 0 aliphatic carbocycles. The van der Waals surface area contributed by atoms with E-state index in [1.54, 1.807) is 30.5 Å². The van der Waals surface area contributed by atoms with E-state index in [0.717, 1.165) is 34.1 Å². The van der Waals surface area contributed by atoms with Gasteiger partial charge in [0.15, 0.2) is 0 Å². The quantitative estimate of drug-likeness (QED) is 0.303. The van der Waals surface area contributed by atoms with Crippen molar-refractivity contribution < 1.29 is 31.9 Å². The van der Waals surface area contributed by atoms with Gasteiger partial charge in [0.25, 0.3) is 5.91 Å². The van der Waals surface area contributed by atoms with E-state index in [1.807, 2.05) is 36.1 Å². The molecule has 1 unspecified atom stereocenters. The Morgan fingerprint density at radius 3 is 2.68 bits per heavy atom. The lowest BCUT2D eigenvalue weighted by molar-refractivity contribution is -0.274. The van der Waals surface area contributed by atoms with Gasteiger partial charge in [0, 0.05) is 30.0 Å². The maximum atomic E-state index is 13.6. The van der Waals surface area contributed by atoms with Crippen molar-refractivity contribution in [3.05, 3.63) is 89.7 Å². The molecular weight excluding hydrogens is 483 g/mol. The van der Waals surface area contributed by atoms with E-state index in [4.69, 9.17) is 9.15 Å². The number of amides is 1. The molecule has 1 aliphatic heterocycles. The SMILES string of the molecule is Cc1c(C(=O)N2CCOCC(Cc3ccc4ccoc4c3)C2)cccc1-c1ccc(OC(F)(F)F)cc1. The fourth-order valence-corrected chi connectivity index (χ4v) is 4.83. The van der Waals surface area contributed by atoms with Crippen LogP contribution < -0.4 is 4.74 Å². The molecule has 37 heavy (non-hydrogen) atoms.